The lowest BCUT2D eigenvalue weighted by Gasteiger charge is -2.10. The van der Waals surface area contributed by atoms with Gasteiger partial charge in [0.15, 0.2) is 0 Å². The molecular weight excluding hydrogens is 356 g/mol. The Kier molecular flexibility index (Phi) is 6.74. The lowest BCUT2D eigenvalue weighted by molar-refractivity contribution is -0.127. The Bertz CT molecular complexity index is 747. The van der Waals surface area contributed by atoms with Crippen molar-refractivity contribution in [2.75, 3.05) is 33.7 Å². The minimum atomic E-state index is -3.69. The van der Waals surface area contributed by atoms with Crippen LogP contribution in [0.4, 0.5) is 0 Å². The van der Waals surface area contributed by atoms with Crippen molar-refractivity contribution in [1.82, 2.24) is 15.5 Å². The highest BCUT2D eigenvalue weighted by Gasteiger charge is 2.47. The van der Waals surface area contributed by atoms with Crippen LogP contribution in [0.15, 0.2) is 29.2 Å². The second-order valence-corrected chi connectivity index (χ2v) is 8.33. The molecule has 1 fully saturated rings. The van der Waals surface area contributed by atoms with E-state index >= 15 is 0 Å². The predicted octanol–water partition coefficient (Wildman–Crippen LogP) is -0.693. The average Bonchev–Trinajstić information content (AvgIpc) is 3.35. The molecule has 2 rings (SSSR count). The van der Waals surface area contributed by atoms with Gasteiger partial charge >= 0.3 is 0 Å². The molecule has 0 bridgehead atoms. The zero-order valence-electron chi connectivity index (χ0n) is 15.1. The van der Waals surface area contributed by atoms with Crippen LogP contribution < -0.4 is 15.8 Å². The molecule has 1 aliphatic carbocycles. The van der Waals surface area contributed by atoms with E-state index < -0.39 is 10.0 Å². The van der Waals surface area contributed by atoms with Crippen LogP contribution in [0.2, 0.25) is 0 Å². The normalized spacial score (nSPS) is 19.2. The van der Waals surface area contributed by atoms with E-state index in [1.807, 2.05) is 19.0 Å². The zero-order valence-corrected chi connectivity index (χ0v) is 15.9. The summed E-state index contributed by atoms with van der Waals surface area (Å²) >= 11 is 0. The fourth-order valence-corrected chi connectivity index (χ4v) is 3.13. The first-order valence-corrected chi connectivity index (χ1v) is 10.0. The molecule has 0 spiro atoms. The van der Waals surface area contributed by atoms with Gasteiger partial charge in [0.1, 0.15) is 0 Å². The molecule has 1 aliphatic rings. The number of primary sulfonamides is 1. The van der Waals surface area contributed by atoms with Gasteiger partial charge in [-0.1, -0.05) is 12.1 Å². The van der Waals surface area contributed by atoms with Gasteiger partial charge in [0.05, 0.1) is 16.7 Å². The van der Waals surface area contributed by atoms with Gasteiger partial charge in [0, 0.05) is 19.6 Å². The number of hydrogen-bond acceptors (Lipinski definition) is 5. The largest absolute Gasteiger partial charge is 0.356 e. The van der Waals surface area contributed by atoms with Crippen molar-refractivity contribution in [3.8, 4) is 0 Å². The average molecular weight is 382 g/mol. The fraction of sp³-hybridized carbons (Fsp3) is 0.529. The lowest BCUT2D eigenvalue weighted by Crippen LogP contribution is -2.34. The molecule has 4 N–H and O–H groups in total. The molecule has 1 aromatic carbocycles. The summed E-state index contributed by atoms with van der Waals surface area (Å²) in [6.45, 7) is 1.77. The van der Waals surface area contributed by atoms with Crippen LogP contribution in [0, 0.1) is 11.8 Å². The first kappa shape index (κ1) is 20.3. The highest BCUT2D eigenvalue weighted by Crippen LogP contribution is 2.38. The molecule has 0 aromatic heterocycles. The number of sulfonamides is 1. The summed E-state index contributed by atoms with van der Waals surface area (Å²) < 4.78 is 22.4. The van der Waals surface area contributed by atoms with Crippen LogP contribution in [-0.4, -0.2) is 58.9 Å². The van der Waals surface area contributed by atoms with Gasteiger partial charge in [-0.05, 0) is 44.6 Å². The number of benzene rings is 1. The number of hydrogen-bond donors (Lipinski definition) is 3. The molecule has 144 valence electrons. The first-order chi connectivity index (χ1) is 12.2. The van der Waals surface area contributed by atoms with Gasteiger partial charge in [-0.3, -0.25) is 9.59 Å². The van der Waals surface area contributed by atoms with Crippen molar-refractivity contribution < 1.29 is 18.0 Å². The lowest BCUT2D eigenvalue weighted by atomic mass is 10.1. The van der Waals surface area contributed by atoms with E-state index in [1.165, 1.54) is 12.1 Å². The van der Waals surface area contributed by atoms with E-state index in [4.69, 9.17) is 5.14 Å². The Morgan fingerprint density at radius 3 is 2.12 bits per heavy atom. The Morgan fingerprint density at radius 2 is 1.62 bits per heavy atom. The van der Waals surface area contributed by atoms with Crippen molar-refractivity contribution >= 4 is 21.8 Å². The fourth-order valence-electron chi connectivity index (χ4n) is 2.62. The number of amides is 2. The molecule has 8 nitrogen and oxygen atoms in total. The predicted molar refractivity (Wildman–Crippen MR) is 97.7 cm³/mol. The van der Waals surface area contributed by atoms with E-state index in [9.17, 15) is 18.0 Å². The topological polar surface area (TPSA) is 122 Å². The quantitative estimate of drug-likeness (QED) is 0.522. The Balaban J connectivity index is 1.69. The monoisotopic (exact) mass is 382 g/mol. The third-order valence-corrected chi connectivity index (χ3v) is 5.22. The van der Waals surface area contributed by atoms with E-state index in [-0.39, 0.29) is 28.5 Å². The Morgan fingerprint density at radius 1 is 1.08 bits per heavy atom. The number of carbonyl (C=O) groups excluding carboxylic acids is 2. The maximum absolute atomic E-state index is 12.1. The third-order valence-electron chi connectivity index (χ3n) is 4.29. The summed E-state index contributed by atoms with van der Waals surface area (Å²) in [5.74, 6) is -0.658. The summed E-state index contributed by atoms with van der Waals surface area (Å²) in [5, 5.41) is 10.7. The van der Waals surface area contributed by atoms with Crippen molar-refractivity contribution in [2.45, 2.75) is 17.7 Å². The maximum Gasteiger partial charge on any atom is 0.238 e. The molecule has 2 unspecified atom stereocenters. The molecule has 1 saturated carbocycles. The van der Waals surface area contributed by atoms with Crippen LogP contribution in [0.5, 0.6) is 0 Å². The second-order valence-electron chi connectivity index (χ2n) is 6.77. The summed E-state index contributed by atoms with van der Waals surface area (Å²) in [6, 6.07) is 6.23. The van der Waals surface area contributed by atoms with Gasteiger partial charge in [0.2, 0.25) is 21.8 Å². The number of likely N-dealkylation sites (N-methyl/N-ethyl adjacent to an activating group) is 1. The SMILES string of the molecule is CN(C)CCNC(=O)C1CC1C(=O)NCCc1ccc(S(N)(=O)=O)cc1. The maximum atomic E-state index is 12.1. The molecule has 2 atom stereocenters. The molecule has 9 heteroatoms. The number of nitrogens with one attached hydrogen (secondary N) is 2. The van der Waals surface area contributed by atoms with Gasteiger partial charge in [0.25, 0.3) is 0 Å². The van der Waals surface area contributed by atoms with Crippen LogP contribution in [0.1, 0.15) is 12.0 Å². The van der Waals surface area contributed by atoms with Gasteiger partial charge in [-0.2, -0.15) is 0 Å². The van der Waals surface area contributed by atoms with E-state index in [2.05, 4.69) is 10.6 Å². The summed E-state index contributed by atoms with van der Waals surface area (Å²) in [4.78, 5) is 26.1. The Labute approximate surface area is 154 Å². The van der Waals surface area contributed by atoms with Crippen molar-refractivity contribution in [1.29, 1.82) is 0 Å². The third kappa shape index (κ3) is 6.08. The van der Waals surface area contributed by atoms with Gasteiger partial charge < -0.3 is 15.5 Å². The van der Waals surface area contributed by atoms with Crippen LogP contribution in [0.3, 0.4) is 0 Å². The molecule has 2 amide bonds. The van der Waals surface area contributed by atoms with E-state index in [0.29, 0.717) is 25.9 Å². The Hall–Kier alpha value is -1.97. The van der Waals surface area contributed by atoms with Crippen LogP contribution in [0.25, 0.3) is 0 Å². The first-order valence-electron chi connectivity index (χ1n) is 8.50. The molecule has 26 heavy (non-hydrogen) atoms. The second kappa shape index (κ2) is 8.61. The number of carbonyl (C=O) groups is 2. The van der Waals surface area contributed by atoms with E-state index in [0.717, 1.165) is 12.1 Å². The summed E-state index contributed by atoms with van der Waals surface area (Å²) in [6.07, 6.45) is 1.16. The summed E-state index contributed by atoms with van der Waals surface area (Å²) in [7, 11) is 0.172. The molecular formula is C17H26N4O4S. The van der Waals surface area contributed by atoms with Crippen molar-refractivity contribution in [2.24, 2.45) is 17.0 Å². The molecule has 0 heterocycles. The minimum Gasteiger partial charge on any atom is -0.356 e. The zero-order chi connectivity index (χ0) is 19.3. The smallest absolute Gasteiger partial charge is 0.238 e. The molecule has 0 radical (unpaired) electrons. The highest BCUT2D eigenvalue weighted by molar-refractivity contribution is 7.89. The molecule has 0 saturated heterocycles. The van der Waals surface area contributed by atoms with Crippen LogP contribution >= 0.6 is 0 Å². The number of nitrogens with zero attached hydrogens (tertiary/aromatic N) is 1. The number of rotatable bonds is 9. The van der Waals surface area contributed by atoms with E-state index in [1.54, 1.807) is 12.1 Å². The molecule has 1 aromatic rings. The minimum absolute atomic E-state index is 0.0615. The number of nitrogens with two attached hydrogens (primary N) is 1. The van der Waals surface area contributed by atoms with Crippen molar-refractivity contribution in [3.63, 3.8) is 0 Å². The van der Waals surface area contributed by atoms with Gasteiger partial charge in [-0.15, -0.1) is 0 Å². The summed E-state index contributed by atoms with van der Waals surface area (Å²) in [5.41, 5.74) is 0.895. The van der Waals surface area contributed by atoms with Crippen molar-refractivity contribution in [3.05, 3.63) is 29.8 Å². The highest BCUT2D eigenvalue weighted by atomic mass is 32.2. The van der Waals surface area contributed by atoms with Crippen LogP contribution in [-0.2, 0) is 26.0 Å². The standard InChI is InChI=1S/C17H26N4O4S/c1-21(2)10-9-20-17(23)15-11-14(15)16(22)19-8-7-12-3-5-13(6-4-12)26(18,24)25/h3-6,14-15H,7-11H2,1-2H3,(H,19,22)(H,20,23)(H2,18,24,25). The van der Waals surface area contributed by atoms with Gasteiger partial charge in [-0.25, -0.2) is 13.6 Å². The molecule has 0 aliphatic heterocycles.